The zero-order valence-corrected chi connectivity index (χ0v) is 14.9. The van der Waals surface area contributed by atoms with Crippen molar-refractivity contribution in [2.75, 3.05) is 0 Å². The molecule has 4 rings (SSSR count). The highest BCUT2D eigenvalue weighted by molar-refractivity contribution is 5.96. The van der Waals surface area contributed by atoms with Crippen LogP contribution in [0.4, 0.5) is 0 Å². The summed E-state index contributed by atoms with van der Waals surface area (Å²) in [6.07, 6.45) is 1.52. The van der Waals surface area contributed by atoms with Gasteiger partial charge in [0.15, 0.2) is 0 Å². The van der Waals surface area contributed by atoms with Crippen LogP contribution in [0, 0.1) is 0 Å². The predicted octanol–water partition coefficient (Wildman–Crippen LogP) is 3.93. The number of amides is 1. The lowest BCUT2D eigenvalue weighted by Gasteiger charge is -2.22. The molecule has 6 nitrogen and oxygen atoms in total. The largest absolute Gasteiger partial charge is 0.508 e. The number of hydrogen-bond donors (Lipinski definition) is 1. The van der Waals surface area contributed by atoms with Gasteiger partial charge < -0.3 is 18.8 Å². The van der Waals surface area contributed by atoms with E-state index in [0.29, 0.717) is 22.3 Å². The molecule has 2 aromatic carbocycles. The zero-order chi connectivity index (χ0) is 19.5. The number of phenolic OH excluding ortho intramolecular Hbond substituents is 1. The molecule has 0 saturated carbocycles. The SMILES string of the molecule is O=C(c1cc2ccccc2oc1=O)N(Cc1ccco1)Cc1ccccc1O. The van der Waals surface area contributed by atoms with E-state index < -0.39 is 11.5 Å². The number of carbonyl (C=O) groups excluding carboxylic acids is 1. The Morgan fingerprint density at radius 1 is 0.964 bits per heavy atom. The normalized spacial score (nSPS) is 10.9. The standard InChI is InChI=1S/C22H17NO5/c24-19-9-3-1-7-16(19)13-23(14-17-8-5-11-27-17)21(25)18-12-15-6-2-4-10-20(15)28-22(18)26/h1-12,24H,13-14H2. The topological polar surface area (TPSA) is 83.9 Å². The molecule has 0 aliphatic heterocycles. The lowest BCUT2D eigenvalue weighted by atomic mass is 10.1. The fourth-order valence-electron chi connectivity index (χ4n) is 3.02. The second kappa shape index (κ2) is 7.44. The first-order chi connectivity index (χ1) is 13.6. The van der Waals surface area contributed by atoms with E-state index >= 15 is 0 Å². The molecule has 0 atom stereocenters. The lowest BCUT2D eigenvalue weighted by molar-refractivity contribution is 0.0712. The van der Waals surface area contributed by atoms with Gasteiger partial charge in [-0.25, -0.2) is 4.79 Å². The molecule has 0 spiro atoms. The monoisotopic (exact) mass is 375 g/mol. The Labute approximate surface area is 160 Å². The molecular weight excluding hydrogens is 358 g/mol. The number of carbonyl (C=O) groups is 1. The van der Waals surface area contributed by atoms with Crippen LogP contribution < -0.4 is 5.63 Å². The third kappa shape index (κ3) is 3.53. The van der Waals surface area contributed by atoms with Gasteiger partial charge in [-0.05, 0) is 30.3 Å². The molecule has 1 N–H and O–H groups in total. The van der Waals surface area contributed by atoms with Gasteiger partial charge in [0.2, 0.25) is 0 Å². The highest BCUT2D eigenvalue weighted by Crippen LogP contribution is 2.21. The number of benzene rings is 2. The summed E-state index contributed by atoms with van der Waals surface area (Å²) in [6.45, 7) is 0.255. The summed E-state index contributed by atoms with van der Waals surface area (Å²) in [6, 6.07) is 18.8. The molecule has 0 aliphatic carbocycles. The number of para-hydroxylation sites is 2. The second-order valence-corrected chi connectivity index (χ2v) is 6.35. The molecule has 2 aromatic heterocycles. The minimum absolute atomic E-state index is 0.0688. The first-order valence-corrected chi connectivity index (χ1v) is 8.73. The minimum atomic E-state index is -0.703. The van der Waals surface area contributed by atoms with Crippen molar-refractivity contribution < 1.29 is 18.7 Å². The van der Waals surface area contributed by atoms with Crippen LogP contribution in [0.5, 0.6) is 5.75 Å². The number of furan rings is 1. The van der Waals surface area contributed by atoms with Gasteiger partial charge in [0.1, 0.15) is 22.7 Å². The summed E-state index contributed by atoms with van der Waals surface area (Å²) in [4.78, 5) is 27.0. The Morgan fingerprint density at radius 2 is 1.75 bits per heavy atom. The van der Waals surface area contributed by atoms with Crippen LogP contribution in [0.1, 0.15) is 21.7 Å². The highest BCUT2D eigenvalue weighted by atomic mass is 16.4. The van der Waals surface area contributed by atoms with E-state index in [2.05, 4.69) is 0 Å². The van der Waals surface area contributed by atoms with E-state index in [4.69, 9.17) is 8.83 Å². The number of nitrogens with zero attached hydrogens (tertiary/aromatic N) is 1. The summed E-state index contributed by atoms with van der Waals surface area (Å²) in [5.41, 5.74) is 0.209. The highest BCUT2D eigenvalue weighted by Gasteiger charge is 2.23. The van der Waals surface area contributed by atoms with Crippen molar-refractivity contribution in [1.29, 1.82) is 0 Å². The lowest BCUT2D eigenvalue weighted by Crippen LogP contribution is -2.33. The molecule has 6 heteroatoms. The molecule has 4 aromatic rings. The van der Waals surface area contributed by atoms with Crippen molar-refractivity contribution in [1.82, 2.24) is 4.90 Å². The van der Waals surface area contributed by atoms with Gasteiger partial charge in [-0.15, -0.1) is 0 Å². The first-order valence-electron chi connectivity index (χ1n) is 8.73. The minimum Gasteiger partial charge on any atom is -0.508 e. The smallest absolute Gasteiger partial charge is 0.349 e. The maximum Gasteiger partial charge on any atom is 0.349 e. The van der Waals surface area contributed by atoms with Crippen LogP contribution in [0.3, 0.4) is 0 Å². The fraction of sp³-hybridized carbons (Fsp3) is 0.0909. The molecule has 28 heavy (non-hydrogen) atoms. The number of phenols is 1. The molecule has 0 aliphatic rings. The Bertz CT molecular complexity index is 1180. The van der Waals surface area contributed by atoms with Crippen molar-refractivity contribution in [2.24, 2.45) is 0 Å². The summed E-state index contributed by atoms with van der Waals surface area (Å²) in [5, 5.41) is 10.8. The molecule has 0 fully saturated rings. The average molecular weight is 375 g/mol. The van der Waals surface area contributed by atoms with E-state index in [-0.39, 0.29) is 24.4 Å². The summed E-state index contributed by atoms with van der Waals surface area (Å²) in [5.74, 6) is 0.137. The maximum absolute atomic E-state index is 13.2. The van der Waals surface area contributed by atoms with Gasteiger partial charge in [-0.3, -0.25) is 4.79 Å². The zero-order valence-electron chi connectivity index (χ0n) is 14.9. The first kappa shape index (κ1) is 17.6. The fourth-order valence-corrected chi connectivity index (χ4v) is 3.02. The molecular formula is C22H17NO5. The summed E-state index contributed by atoms with van der Waals surface area (Å²) >= 11 is 0. The molecule has 0 bridgehead atoms. The van der Waals surface area contributed by atoms with Gasteiger partial charge in [0.05, 0.1) is 19.4 Å². The van der Waals surface area contributed by atoms with Gasteiger partial charge in [-0.2, -0.15) is 0 Å². The van der Waals surface area contributed by atoms with Crippen LogP contribution in [0.2, 0.25) is 0 Å². The number of fused-ring (bicyclic) bond motifs is 1. The average Bonchev–Trinajstić information content (AvgIpc) is 3.21. The van der Waals surface area contributed by atoms with Gasteiger partial charge in [0, 0.05) is 10.9 Å². The Kier molecular flexibility index (Phi) is 4.68. The van der Waals surface area contributed by atoms with Crippen LogP contribution in [0.15, 0.2) is 86.6 Å². The second-order valence-electron chi connectivity index (χ2n) is 6.35. The van der Waals surface area contributed by atoms with E-state index in [1.54, 1.807) is 60.7 Å². The quantitative estimate of drug-likeness (QED) is 0.534. The van der Waals surface area contributed by atoms with Crippen LogP contribution >= 0.6 is 0 Å². The number of hydrogen-bond acceptors (Lipinski definition) is 5. The molecule has 1 amide bonds. The van der Waals surface area contributed by atoms with E-state index in [1.165, 1.54) is 17.2 Å². The van der Waals surface area contributed by atoms with E-state index in [0.717, 1.165) is 0 Å². The van der Waals surface area contributed by atoms with Crippen molar-refractivity contribution in [3.05, 3.63) is 100 Å². The summed E-state index contributed by atoms with van der Waals surface area (Å²) in [7, 11) is 0. The number of aromatic hydroxyl groups is 1. The summed E-state index contributed by atoms with van der Waals surface area (Å²) < 4.78 is 10.7. The van der Waals surface area contributed by atoms with Gasteiger partial charge in [-0.1, -0.05) is 36.4 Å². The third-order valence-corrected chi connectivity index (χ3v) is 4.44. The van der Waals surface area contributed by atoms with E-state index in [9.17, 15) is 14.7 Å². The maximum atomic E-state index is 13.2. The van der Waals surface area contributed by atoms with Gasteiger partial charge >= 0.3 is 5.63 Å². The van der Waals surface area contributed by atoms with E-state index in [1.807, 2.05) is 0 Å². The van der Waals surface area contributed by atoms with Crippen molar-refractivity contribution in [3.8, 4) is 5.75 Å². The Hall–Kier alpha value is -3.80. The molecule has 0 saturated heterocycles. The van der Waals surface area contributed by atoms with Crippen molar-refractivity contribution in [3.63, 3.8) is 0 Å². The molecule has 0 radical (unpaired) electrons. The van der Waals surface area contributed by atoms with Gasteiger partial charge in [0.25, 0.3) is 5.91 Å². The van der Waals surface area contributed by atoms with Crippen LogP contribution in [-0.4, -0.2) is 15.9 Å². The molecule has 140 valence electrons. The number of rotatable bonds is 5. The molecule has 2 heterocycles. The van der Waals surface area contributed by atoms with Crippen molar-refractivity contribution in [2.45, 2.75) is 13.1 Å². The van der Waals surface area contributed by atoms with Crippen LogP contribution in [0.25, 0.3) is 11.0 Å². The molecule has 0 unspecified atom stereocenters. The third-order valence-electron chi connectivity index (χ3n) is 4.44. The van der Waals surface area contributed by atoms with Crippen LogP contribution in [-0.2, 0) is 13.1 Å². The Balaban J connectivity index is 1.73. The predicted molar refractivity (Wildman–Crippen MR) is 103 cm³/mol. The Morgan fingerprint density at radius 3 is 2.54 bits per heavy atom. The van der Waals surface area contributed by atoms with Crippen molar-refractivity contribution >= 4 is 16.9 Å².